The van der Waals surface area contributed by atoms with Gasteiger partial charge in [0.15, 0.2) is 5.16 Å². The molecular formula is C22H20N4O2S2. The minimum Gasteiger partial charge on any atom is -0.457 e. The molecule has 0 bridgehead atoms. The van der Waals surface area contributed by atoms with Crippen LogP contribution in [0, 0.1) is 0 Å². The molecule has 0 aliphatic carbocycles. The summed E-state index contributed by atoms with van der Waals surface area (Å²) in [5, 5.41) is 14.1. The first-order valence-corrected chi connectivity index (χ1v) is 11.2. The molecular weight excluding hydrogens is 416 g/mol. The lowest BCUT2D eigenvalue weighted by atomic mass is 10.3. The number of thiophene rings is 1. The Morgan fingerprint density at radius 2 is 1.80 bits per heavy atom. The van der Waals surface area contributed by atoms with Gasteiger partial charge >= 0.3 is 0 Å². The number of thioether (sulfide) groups is 1. The summed E-state index contributed by atoms with van der Waals surface area (Å²) in [7, 11) is 1.93. The number of ether oxygens (including phenoxy) is 1. The van der Waals surface area contributed by atoms with Gasteiger partial charge in [-0.25, -0.2) is 0 Å². The van der Waals surface area contributed by atoms with E-state index in [-0.39, 0.29) is 11.7 Å². The van der Waals surface area contributed by atoms with Crippen molar-refractivity contribution in [1.82, 2.24) is 14.8 Å². The van der Waals surface area contributed by atoms with Crippen LogP contribution in [0.3, 0.4) is 0 Å². The average molecular weight is 437 g/mol. The summed E-state index contributed by atoms with van der Waals surface area (Å²) in [5.74, 6) is 2.53. The number of carbonyl (C=O) groups excluding carboxylic acids is 1. The highest BCUT2D eigenvalue weighted by Crippen LogP contribution is 2.23. The van der Waals surface area contributed by atoms with Crippen molar-refractivity contribution < 1.29 is 9.53 Å². The number of amides is 1. The van der Waals surface area contributed by atoms with E-state index in [1.165, 1.54) is 16.6 Å². The van der Waals surface area contributed by atoms with Crippen LogP contribution in [0.25, 0.3) is 0 Å². The second-order valence-electron chi connectivity index (χ2n) is 6.49. The molecule has 0 unspecified atom stereocenters. The second-order valence-corrected chi connectivity index (χ2v) is 8.47. The Hall–Kier alpha value is -3.10. The number of anilines is 1. The van der Waals surface area contributed by atoms with Gasteiger partial charge in [0.2, 0.25) is 5.91 Å². The third-order valence-electron chi connectivity index (χ3n) is 4.29. The number of carbonyl (C=O) groups is 1. The SMILES string of the molecule is Cn1c(Cc2cccs2)nnc1SCC(=O)Nc1ccc(Oc2ccccc2)cc1. The molecule has 30 heavy (non-hydrogen) atoms. The Bertz CT molecular complexity index is 1090. The summed E-state index contributed by atoms with van der Waals surface area (Å²) in [6.45, 7) is 0. The van der Waals surface area contributed by atoms with Crippen molar-refractivity contribution in [2.45, 2.75) is 11.6 Å². The quantitative estimate of drug-likeness (QED) is 0.394. The predicted molar refractivity (Wildman–Crippen MR) is 120 cm³/mol. The van der Waals surface area contributed by atoms with E-state index >= 15 is 0 Å². The molecule has 2 aromatic carbocycles. The molecule has 2 heterocycles. The minimum atomic E-state index is -0.0977. The number of nitrogens with zero attached hydrogens (tertiary/aromatic N) is 3. The van der Waals surface area contributed by atoms with E-state index in [1.807, 2.05) is 77.7 Å². The molecule has 0 radical (unpaired) electrons. The zero-order chi connectivity index (χ0) is 20.8. The number of nitrogens with one attached hydrogen (secondary N) is 1. The number of benzene rings is 2. The molecule has 0 spiro atoms. The van der Waals surface area contributed by atoms with Crippen molar-refractivity contribution in [2.75, 3.05) is 11.1 Å². The molecule has 2 aromatic heterocycles. The van der Waals surface area contributed by atoms with Crippen LogP contribution in [0.4, 0.5) is 5.69 Å². The number of para-hydroxylation sites is 1. The molecule has 4 aromatic rings. The van der Waals surface area contributed by atoms with Crippen LogP contribution in [0.5, 0.6) is 11.5 Å². The molecule has 8 heteroatoms. The van der Waals surface area contributed by atoms with Crippen molar-refractivity contribution in [3.05, 3.63) is 82.8 Å². The topological polar surface area (TPSA) is 69.0 Å². The Balaban J connectivity index is 1.28. The van der Waals surface area contributed by atoms with Crippen LogP contribution in [0.2, 0.25) is 0 Å². The van der Waals surface area contributed by atoms with Gasteiger partial charge in [0.25, 0.3) is 0 Å². The maximum atomic E-state index is 12.3. The number of aromatic nitrogens is 3. The predicted octanol–water partition coefficient (Wildman–Crippen LogP) is 4.99. The maximum absolute atomic E-state index is 12.3. The van der Waals surface area contributed by atoms with Gasteiger partial charge in [-0.05, 0) is 47.8 Å². The van der Waals surface area contributed by atoms with E-state index in [2.05, 4.69) is 21.6 Å². The van der Waals surface area contributed by atoms with E-state index in [0.29, 0.717) is 5.75 Å². The number of hydrogen-bond acceptors (Lipinski definition) is 6. The first-order chi connectivity index (χ1) is 14.7. The van der Waals surface area contributed by atoms with Crippen LogP contribution in [0.1, 0.15) is 10.7 Å². The Morgan fingerprint density at radius 3 is 2.53 bits per heavy atom. The summed E-state index contributed by atoms with van der Waals surface area (Å²) in [5.41, 5.74) is 0.720. The lowest BCUT2D eigenvalue weighted by molar-refractivity contribution is -0.113. The maximum Gasteiger partial charge on any atom is 0.234 e. The van der Waals surface area contributed by atoms with Crippen molar-refractivity contribution >= 4 is 34.7 Å². The van der Waals surface area contributed by atoms with Gasteiger partial charge in [0.05, 0.1) is 5.75 Å². The highest BCUT2D eigenvalue weighted by Gasteiger charge is 2.12. The molecule has 1 N–H and O–H groups in total. The summed E-state index contributed by atoms with van der Waals surface area (Å²) in [6.07, 6.45) is 0.741. The molecule has 0 saturated carbocycles. The van der Waals surface area contributed by atoms with Crippen molar-refractivity contribution in [2.24, 2.45) is 7.05 Å². The molecule has 0 aliphatic heterocycles. The highest BCUT2D eigenvalue weighted by atomic mass is 32.2. The van der Waals surface area contributed by atoms with Crippen LogP contribution < -0.4 is 10.1 Å². The standard InChI is InChI=1S/C22H20N4O2S2/c1-26-20(14-19-8-5-13-29-19)24-25-22(26)30-15-21(27)23-16-9-11-18(12-10-16)28-17-6-3-2-4-7-17/h2-13H,14-15H2,1H3,(H,23,27). The third kappa shape index (κ3) is 5.28. The fourth-order valence-electron chi connectivity index (χ4n) is 2.75. The van der Waals surface area contributed by atoms with Gasteiger partial charge in [-0.15, -0.1) is 21.5 Å². The average Bonchev–Trinajstić information content (AvgIpc) is 3.39. The Labute approximate surface area is 182 Å². The van der Waals surface area contributed by atoms with Crippen LogP contribution in [-0.2, 0) is 18.3 Å². The minimum absolute atomic E-state index is 0.0977. The summed E-state index contributed by atoms with van der Waals surface area (Å²) in [4.78, 5) is 13.6. The highest BCUT2D eigenvalue weighted by molar-refractivity contribution is 7.99. The van der Waals surface area contributed by atoms with E-state index < -0.39 is 0 Å². The number of rotatable bonds is 8. The third-order valence-corrected chi connectivity index (χ3v) is 6.18. The lowest BCUT2D eigenvalue weighted by Gasteiger charge is -2.08. The van der Waals surface area contributed by atoms with Gasteiger partial charge in [-0.3, -0.25) is 4.79 Å². The molecule has 0 saturated heterocycles. The lowest BCUT2D eigenvalue weighted by Crippen LogP contribution is -2.14. The van der Waals surface area contributed by atoms with Crippen molar-refractivity contribution in [3.8, 4) is 11.5 Å². The van der Waals surface area contributed by atoms with E-state index in [1.54, 1.807) is 11.3 Å². The molecule has 0 fully saturated rings. The van der Waals surface area contributed by atoms with Gasteiger partial charge < -0.3 is 14.6 Å². The number of hydrogen-bond donors (Lipinski definition) is 1. The van der Waals surface area contributed by atoms with E-state index in [0.717, 1.165) is 28.8 Å². The summed E-state index contributed by atoms with van der Waals surface area (Å²) in [6, 6.07) is 21.0. The summed E-state index contributed by atoms with van der Waals surface area (Å²) < 4.78 is 7.70. The van der Waals surface area contributed by atoms with Crippen molar-refractivity contribution in [3.63, 3.8) is 0 Å². The molecule has 0 aliphatic rings. The first kappa shape index (κ1) is 20.2. The summed E-state index contributed by atoms with van der Waals surface area (Å²) >= 11 is 3.06. The van der Waals surface area contributed by atoms with Gasteiger partial charge in [-0.1, -0.05) is 36.0 Å². The Morgan fingerprint density at radius 1 is 1.03 bits per heavy atom. The smallest absolute Gasteiger partial charge is 0.234 e. The van der Waals surface area contributed by atoms with E-state index in [9.17, 15) is 4.79 Å². The normalized spacial score (nSPS) is 10.7. The Kier molecular flexibility index (Phi) is 6.46. The molecule has 4 rings (SSSR count). The van der Waals surface area contributed by atoms with Crippen molar-refractivity contribution in [1.29, 1.82) is 0 Å². The molecule has 1 amide bonds. The van der Waals surface area contributed by atoms with Gasteiger partial charge in [0.1, 0.15) is 17.3 Å². The van der Waals surface area contributed by atoms with Crippen LogP contribution >= 0.6 is 23.1 Å². The first-order valence-electron chi connectivity index (χ1n) is 9.33. The monoisotopic (exact) mass is 436 g/mol. The molecule has 6 nitrogen and oxygen atoms in total. The van der Waals surface area contributed by atoms with Crippen LogP contribution in [-0.4, -0.2) is 26.4 Å². The molecule has 0 atom stereocenters. The van der Waals surface area contributed by atoms with E-state index in [4.69, 9.17) is 4.74 Å². The van der Waals surface area contributed by atoms with Crippen LogP contribution in [0.15, 0.2) is 77.3 Å². The fraction of sp³-hybridized carbons (Fsp3) is 0.136. The zero-order valence-electron chi connectivity index (χ0n) is 16.3. The second kappa shape index (κ2) is 9.60. The fourth-order valence-corrected chi connectivity index (χ4v) is 4.18. The molecule has 152 valence electrons. The van der Waals surface area contributed by atoms with Gasteiger partial charge in [0, 0.05) is 24.0 Å². The zero-order valence-corrected chi connectivity index (χ0v) is 18.0. The van der Waals surface area contributed by atoms with Gasteiger partial charge in [-0.2, -0.15) is 0 Å². The largest absolute Gasteiger partial charge is 0.457 e.